The highest BCUT2D eigenvalue weighted by atomic mass is 16.7. The van der Waals surface area contributed by atoms with Gasteiger partial charge in [0.15, 0.2) is 0 Å². The topological polar surface area (TPSA) is 59.1 Å². The molecule has 0 bridgehead atoms. The normalized spacial score (nSPS) is 26.3. The first-order chi connectivity index (χ1) is 19.8. The van der Waals surface area contributed by atoms with Crippen molar-refractivity contribution in [3.8, 4) is 0 Å². The van der Waals surface area contributed by atoms with Gasteiger partial charge >= 0.3 is 0 Å². The minimum atomic E-state index is -0.245. The molecule has 6 nitrogen and oxygen atoms in total. The SMILES string of the molecule is CC(C)=CCCC1=CCC2CON(c3ccc(N4C(=O)C5CC=C(CCC=C(C)C)CC5C4=O)cc3)COCC2C1. The Balaban J connectivity index is 1.17. The van der Waals surface area contributed by atoms with Crippen molar-refractivity contribution in [1.82, 2.24) is 0 Å². The lowest BCUT2D eigenvalue weighted by molar-refractivity contribution is -0.122. The predicted octanol–water partition coefficient (Wildman–Crippen LogP) is 7.68. The molecule has 41 heavy (non-hydrogen) atoms. The highest BCUT2D eigenvalue weighted by Gasteiger charge is 2.49. The second-order valence-corrected chi connectivity index (χ2v) is 12.7. The molecule has 2 aliphatic carbocycles. The summed E-state index contributed by atoms with van der Waals surface area (Å²) in [5.74, 6) is 0.297. The summed E-state index contributed by atoms with van der Waals surface area (Å²) in [5, 5.41) is 1.80. The van der Waals surface area contributed by atoms with Gasteiger partial charge in [0.25, 0.3) is 0 Å². The smallest absolute Gasteiger partial charge is 0.238 e. The van der Waals surface area contributed by atoms with Crippen molar-refractivity contribution in [1.29, 1.82) is 0 Å². The van der Waals surface area contributed by atoms with Crippen molar-refractivity contribution in [2.75, 3.05) is 29.9 Å². The monoisotopic (exact) mass is 558 g/mol. The Kier molecular flexibility index (Phi) is 9.61. The molecular weight excluding hydrogens is 512 g/mol. The number of hydrogen-bond donors (Lipinski definition) is 0. The summed E-state index contributed by atoms with van der Waals surface area (Å²) in [4.78, 5) is 34.3. The summed E-state index contributed by atoms with van der Waals surface area (Å²) < 4.78 is 6.12. The van der Waals surface area contributed by atoms with Crippen molar-refractivity contribution < 1.29 is 19.2 Å². The van der Waals surface area contributed by atoms with Crippen molar-refractivity contribution in [3.05, 3.63) is 70.9 Å². The van der Waals surface area contributed by atoms with Crippen molar-refractivity contribution in [2.24, 2.45) is 23.7 Å². The Morgan fingerprint density at radius 1 is 0.780 bits per heavy atom. The summed E-state index contributed by atoms with van der Waals surface area (Å²) >= 11 is 0. The number of rotatable bonds is 8. The van der Waals surface area contributed by atoms with Gasteiger partial charge in [0, 0.05) is 0 Å². The minimum Gasteiger partial charge on any atom is -0.358 e. The Bertz CT molecular complexity index is 1230. The number of hydrogen-bond acceptors (Lipinski definition) is 5. The van der Waals surface area contributed by atoms with E-state index in [1.807, 2.05) is 24.3 Å². The number of imide groups is 1. The minimum absolute atomic E-state index is 0.0666. The molecule has 4 unspecified atom stereocenters. The zero-order valence-electron chi connectivity index (χ0n) is 25.2. The highest BCUT2D eigenvalue weighted by Crippen LogP contribution is 2.41. The number of nitrogens with zero attached hydrogens (tertiary/aromatic N) is 2. The van der Waals surface area contributed by atoms with E-state index in [2.05, 4.69) is 52.0 Å². The molecule has 1 aromatic rings. The lowest BCUT2D eigenvalue weighted by atomic mass is 9.79. The molecule has 0 N–H and O–H groups in total. The zero-order valence-corrected chi connectivity index (χ0v) is 25.2. The standard InChI is InChI=1S/C35H46N2O4/c1-24(2)7-5-9-26-11-13-28-22-41-36(23-40-21-29(28)19-26)30-14-16-31(17-15-30)37-34(38)32-18-12-27(10-6-8-25(3)4)20-33(32)35(37)39/h7-8,11-12,14-17,28-29,32-33H,5-6,9-10,13,18-23H2,1-4H3. The van der Waals surface area contributed by atoms with Crippen LogP contribution in [0.2, 0.25) is 0 Å². The lowest BCUT2D eigenvalue weighted by Gasteiger charge is -2.36. The van der Waals surface area contributed by atoms with Crippen LogP contribution in [0, 0.1) is 23.7 Å². The van der Waals surface area contributed by atoms with Crippen LogP contribution >= 0.6 is 0 Å². The summed E-state index contributed by atoms with van der Waals surface area (Å²) in [7, 11) is 0. The van der Waals surface area contributed by atoms with Crippen LogP contribution < -0.4 is 9.96 Å². The van der Waals surface area contributed by atoms with Gasteiger partial charge in [-0.15, -0.1) is 0 Å². The Hall–Kier alpha value is -2.96. The van der Waals surface area contributed by atoms with Crippen molar-refractivity contribution in [3.63, 3.8) is 0 Å². The van der Waals surface area contributed by atoms with Gasteiger partial charge in [0.2, 0.25) is 11.8 Å². The summed E-state index contributed by atoms with van der Waals surface area (Å²) in [6.45, 7) is 10.3. The van der Waals surface area contributed by atoms with Crippen LogP contribution in [0.25, 0.3) is 0 Å². The van der Waals surface area contributed by atoms with E-state index >= 15 is 0 Å². The van der Waals surface area contributed by atoms with E-state index in [0.717, 1.165) is 50.8 Å². The molecule has 5 rings (SSSR count). The predicted molar refractivity (Wildman–Crippen MR) is 164 cm³/mol. The van der Waals surface area contributed by atoms with Crippen LogP contribution in [0.1, 0.15) is 79.1 Å². The largest absolute Gasteiger partial charge is 0.358 e. The fourth-order valence-electron chi connectivity index (χ4n) is 6.62. The van der Waals surface area contributed by atoms with Gasteiger partial charge in [-0.2, -0.15) is 0 Å². The number of fused-ring (bicyclic) bond motifs is 2. The number of carbonyl (C=O) groups excluding carboxylic acids is 2. The fraction of sp³-hybridized carbons (Fsp3) is 0.543. The molecule has 1 aromatic carbocycles. The quantitative estimate of drug-likeness (QED) is 0.242. The first-order valence-electron chi connectivity index (χ1n) is 15.4. The highest BCUT2D eigenvalue weighted by molar-refractivity contribution is 6.22. The number of carbonyl (C=O) groups is 2. The van der Waals surface area contributed by atoms with Crippen LogP contribution in [0.4, 0.5) is 11.4 Å². The summed E-state index contributed by atoms with van der Waals surface area (Å²) in [5.41, 5.74) is 7.03. The molecule has 2 aliphatic heterocycles. The Morgan fingerprint density at radius 3 is 2.07 bits per heavy atom. The molecule has 220 valence electrons. The van der Waals surface area contributed by atoms with Gasteiger partial charge in [-0.05, 0) is 115 Å². The van der Waals surface area contributed by atoms with E-state index in [4.69, 9.17) is 9.57 Å². The third-order valence-corrected chi connectivity index (χ3v) is 9.02. The number of ether oxygens (including phenoxy) is 1. The maximum atomic E-state index is 13.4. The Labute approximate surface area is 245 Å². The maximum absolute atomic E-state index is 13.4. The van der Waals surface area contributed by atoms with Gasteiger partial charge in [0.1, 0.15) is 6.73 Å². The van der Waals surface area contributed by atoms with Crippen LogP contribution in [-0.2, 0) is 19.2 Å². The number of hydroxylamine groups is 1. The Morgan fingerprint density at radius 2 is 1.39 bits per heavy atom. The van der Waals surface area contributed by atoms with Crippen molar-refractivity contribution >= 4 is 23.2 Å². The number of allylic oxidation sites excluding steroid dienone is 8. The van der Waals surface area contributed by atoms with E-state index in [1.165, 1.54) is 21.6 Å². The molecule has 0 radical (unpaired) electrons. The van der Waals surface area contributed by atoms with Gasteiger partial charge in [-0.25, -0.2) is 5.06 Å². The third-order valence-electron chi connectivity index (χ3n) is 9.02. The molecule has 0 saturated carbocycles. The van der Waals surface area contributed by atoms with Crippen LogP contribution in [0.15, 0.2) is 70.9 Å². The molecule has 6 heteroatoms. The van der Waals surface area contributed by atoms with E-state index in [9.17, 15) is 9.59 Å². The zero-order chi connectivity index (χ0) is 28.9. The molecule has 0 spiro atoms. The van der Waals surface area contributed by atoms with Gasteiger partial charge in [0.05, 0.1) is 36.4 Å². The lowest BCUT2D eigenvalue weighted by Crippen LogP contribution is -2.38. The number of benzene rings is 1. The van der Waals surface area contributed by atoms with Gasteiger partial charge < -0.3 is 4.74 Å². The van der Waals surface area contributed by atoms with E-state index in [0.29, 0.717) is 43.7 Å². The molecule has 2 fully saturated rings. The second-order valence-electron chi connectivity index (χ2n) is 12.7. The van der Waals surface area contributed by atoms with Crippen LogP contribution in [0.3, 0.4) is 0 Å². The first-order valence-corrected chi connectivity index (χ1v) is 15.4. The molecule has 0 aromatic heterocycles. The number of anilines is 2. The molecule has 2 saturated heterocycles. The summed E-state index contributed by atoms with van der Waals surface area (Å²) in [6.07, 6.45) is 16.8. The molecule has 2 amide bonds. The summed E-state index contributed by atoms with van der Waals surface area (Å²) in [6, 6.07) is 7.56. The average molecular weight is 559 g/mol. The van der Waals surface area contributed by atoms with Crippen LogP contribution in [0.5, 0.6) is 0 Å². The third kappa shape index (κ3) is 7.10. The molecule has 4 aliphatic rings. The molecule has 2 heterocycles. The number of amides is 2. The van der Waals surface area contributed by atoms with E-state index in [1.54, 1.807) is 10.6 Å². The second kappa shape index (κ2) is 13.3. The van der Waals surface area contributed by atoms with Gasteiger partial charge in [-0.1, -0.05) is 46.6 Å². The fourth-order valence-corrected chi connectivity index (χ4v) is 6.62. The average Bonchev–Trinajstić information content (AvgIpc) is 3.18. The van der Waals surface area contributed by atoms with Gasteiger partial charge in [-0.3, -0.25) is 19.3 Å². The molecule has 4 atom stereocenters. The maximum Gasteiger partial charge on any atom is 0.238 e. The molecular formula is C35H46N2O4. The van der Waals surface area contributed by atoms with E-state index in [-0.39, 0.29) is 23.7 Å². The van der Waals surface area contributed by atoms with E-state index < -0.39 is 0 Å². The van der Waals surface area contributed by atoms with Crippen LogP contribution in [-0.4, -0.2) is 31.8 Å². The first kappa shape index (κ1) is 29.5. The van der Waals surface area contributed by atoms with Crippen molar-refractivity contribution in [2.45, 2.75) is 79.1 Å².